The Balaban J connectivity index is 1.59. The molecule has 33 heavy (non-hydrogen) atoms. The average molecular weight is 467 g/mol. The van der Waals surface area contributed by atoms with Crippen molar-refractivity contribution in [3.63, 3.8) is 0 Å². The molecule has 0 aliphatic rings. The zero-order valence-corrected chi connectivity index (χ0v) is 20.4. The highest BCUT2D eigenvalue weighted by Crippen LogP contribution is 2.25. The molecule has 0 aliphatic heterocycles. The first-order chi connectivity index (χ1) is 15.6. The lowest BCUT2D eigenvalue weighted by Crippen LogP contribution is -2.31. The number of sulfonamides is 1. The van der Waals surface area contributed by atoms with Gasteiger partial charge in [0.2, 0.25) is 0 Å². The van der Waals surface area contributed by atoms with Gasteiger partial charge in [0.25, 0.3) is 15.9 Å². The number of rotatable bonds is 8. The van der Waals surface area contributed by atoms with Crippen LogP contribution in [0.15, 0.2) is 71.6 Å². The van der Waals surface area contributed by atoms with Crippen molar-refractivity contribution >= 4 is 21.6 Å². The van der Waals surface area contributed by atoms with Gasteiger partial charge in [-0.1, -0.05) is 30.3 Å². The highest BCUT2D eigenvalue weighted by atomic mass is 32.2. The average Bonchev–Trinajstić information content (AvgIpc) is 2.80. The molecule has 0 radical (unpaired) electrons. The minimum atomic E-state index is -3.65. The van der Waals surface area contributed by atoms with Crippen molar-refractivity contribution in [2.24, 2.45) is 0 Å². The van der Waals surface area contributed by atoms with Crippen molar-refractivity contribution in [3.8, 4) is 5.75 Å². The normalized spacial score (nSPS) is 12.2. The van der Waals surface area contributed by atoms with E-state index in [-0.39, 0.29) is 23.5 Å². The monoisotopic (exact) mass is 466 g/mol. The summed E-state index contributed by atoms with van der Waals surface area (Å²) in [5, 5.41) is 2.97. The van der Waals surface area contributed by atoms with Crippen LogP contribution >= 0.6 is 0 Å². The van der Waals surface area contributed by atoms with Crippen LogP contribution < -0.4 is 14.4 Å². The van der Waals surface area contributed by atoms with E-state index in [9.17, 15) is 13.2 Å². The van der Waals surface area contributed by atoms with Gasteiger partial charge in [0.1, 0.15) is 5.75 Å². The lowest BCUT2D eigenvalue weighted by Gasteiger charge is -2.20. The number of nitrogens with zero attached hydrogens (tertiary/aromatic N) is 1. The standard InChI is InChI=1S/C26H30N2O4S/c1-18-15-20(3)25(16-19(18)2)21(4)27-26(29)17-32-23-13-11-22(12-14-23)28(5)33(30,31)24-9-7-6-8-10-24/h6-16,21H,17H2,1-5H3,(H,27,29)/t21-/m1/s1. The third-order valence-electron chi connectivity index (χ3n) is 5.70. The molecule has 1 atom stereocenters. The number of aryl methyl sites for hydroxylation is 3. The maximum absolute atomic E-state index is 12.8. The minimum absolute atomic E-state index is 0.133. The van der Waals surface area contributed by atoms with Crippen LogP contribution in [-0.2, 0) is 14.8 Å². The number of benzene rings is 3. The molecule has 3 rings (SSSR count). The smallest absolute Gasteiger partial charge is 0.264 e. The fourth-order valence-corrected chi connectivity index (χ4v) is 4.82. The molecule has 174 valence electrons. The van der Waals surface area contributed by atoms with Gasteiger partial charge in [0, 0.05) is 7.05 Å². The van der Waals surface area contributed by atoms with Crippen LogP contribution in [0.4, 0.5) is 5.69 Å². The Hall–Kier alpha value is -3.32. The number of anilines is 1. The van der Waals surface area contributed by atoms with Crippen LogP contribution in [0.5, 0.6) is 5.75 Å². The zero-order chi connectivity index (χ0) is 24.2. The van der Waals surface area contributed by atoms with E-state index in [1.807, 2.05) is 13.8 Å². The largest absolute Gasteiger partial charge is 0.484 e. The molecule has 1 amide bonds. The Kier molecular flexibility index (Phi) is 7.43. The SMILES string of the molecule is Cc1cc(C)c([C@@H](C)NC(=O)COc2ccc(N(C)S(=O)(=O)c3ccccc3)cc2)cc1C. The summed E-state index contributed by atoms with van der Waals surface area (Å²) in [6.07, 6.45) is 0. The van der Waals surface area contributed by atoms with E-state index >= 15 is 0 Å². The van der Waals surface area contributed by atoms with Gasteiger partial charge < -0.3 is 10.1 Å². The Morgan fingerprint density at radius 3 is 2.18 bits per heavy atom. The fourth-order valence-electron chi connectivity index (χ4n) is 3.60. The molecule has 0 bridgehead atoms. The van der Waals surface area contributed by atoms with Gasteiger partial charge >= 0.3 is 0 Å². The molecule has 0 spiro atoms. The summed E-state index contributed by atoms with van der Waals surface area (Å²) in [4.78, 5) is 12.6. The Morgan fingerprint density at radius 1 is 0.939 bits per heavy atom. The first-order valence-electron chi connectivity index (χ1n) is 10.7. The molecule has 3 aromatic carbocycles. The van der Waals surface area contributed by atoms with Crippen LogP contribution in [0, 0.1) is 20.8 Å². The fraction of sp³-hybridized carbons (Fsp3) is 0.269. The summed E-state index contributed by atoms with van der Waals surface area (Å²) in [7, 11) is -2.15. The predicted octanol–water partition coefficient (Wildman–Crippen LogP) is 4.69. The van der Waals surface area contributed by atoms with E-state index < -0.39 is 10.0 Å². The topological polar surface area (TPSA) is 75.7 Å². The van der Waals surface area contributed by atoms with Gasteiger partial charge in [-0.3, -0.25) is 9.10 Å². The van der Waals surface area contributed by atoms with Gasteiger partial charge in [0.05, 0.1) is 16.6 Å². The van der Waals surface area contributed by atoms with Crippen LogP contribution in [0.25, 0.3) is 0 Å². The molecule has 6 nitrogen and oxygen atoms in total. The molecular weight excluding hydrogens is 436 g/mol. The van der Waals surface area contributed by atoms with Gasteiger partial charge in [0.15, 0.2) is 6.61 Å². The number of carbonyl (C=O) groups excluding carboxylic acids is 1. The van der Waals surface area contributed by atoms with E-state index in [0.29, 0.717) is 11.4 Å². The van der Waals surface area contributed by atoms with Crippen LogP contribution in [0.1, 0.15) is 35.2 Å². The van der Waals surface area contributed by atoms with Gasteiger partial charge in [-0.25, -0.2) is 8.42 Å². The van der Waals surface area contributed by atoms with Crippen molar-refractivity contribution in [1.29, 1.82) is 0 Å². The second-order valence-electron chi connectivity index (χ2n) is 8.15. The summed E-state index contributed by atoms with van der Waals surface area (Å²) >= 11 is 0. The zero-order valence-electron chi connectivity index (χ0n) is 19.6. The van der Waals surface area contributed by atoms with E-state index in [1.165, 1.54) is 22.5 Å². The predicted molar refractivity (Wildman–Crippen MR) is 131 cm³/mol. The van der Waals surface area contributed by atoms with Crippen LogP contribution in [0.3, 0.4) is 0 Å². The lowest BCUT2D eigenvalue weighted by molar-refractivity contribution is -0.123. The van der Waals surface area contributed by atoms with Crippen molar-refractivity contribution < 1.29 is 17.9 Å². The van der Waals surface area contributed by atoms with Crippen LogP contribution in [0.2, 0.25) is 0 Å². The summed E-state index contributed by atoms with van der Waals surface area (Å²) in [5.74, 6) is 0.252. The van der Waals surface area contributed by atoms with Crippen molar-refractivity contribution in [1.82, 2.24) is 5.32 Å². The Bertz CT molecular complexity index is 1220. The number of amides is 1. The summed E-state index contributed by atoms with van der Waals surface area (Å²) < 4.78 is 32.3. The number of carbonyl (C=O) groups is 1. The molecule has 1 N–H and O–H groups in total. The molecule has 0 fully saturated rings. The molecule has 0 saturated carbocycles. The number of hydrogen-bond acceptors (Lipinski definition) is 4. The van der Waals surface area contributed by atoms with Crippen molar-refractivity contribution in [3.05, 3.63) is 89.0 Å². The van der Waals surface area contributed by atoms with E-state index in [4.69, 9.17) is 4.74 Å². The Labute approximate surface area is 196 Å². The molecule has 0 heterocycles. The van der Waals surface area contributed by atoms with Crippen molar-refractivity contribution in [2.75, 3.05) is 18.0 Å². The molecule has 0 unspecified atom stereocenters. The van der Waals surface area contributed by atoms with Gasteiger partial charge in [-0.05, 0) is 86.3 Å². The molecule has 7 heteroatoms. The minimum Gasteiger partial charge on any atom is -0.484 e. The van der Waals surface area contributed by atoms with E-state index in [1.54, 1.807) is 54.6 Å². The second kappa shape index (κ2) is 10.1. The molecule has 3 aromatic rings. The van der Waals surface area contributed by atoms with Gasteiger partial charge in [-0.2, -0.15) is 0 Å². The van der Waals surface area contributed by atoms with Crippen LogP contribution in [-0.4, -0.2) is 28.0 Å². The highest BCUT2D eigenvalue weighted by Gasteiger charge is 2.21. The Morgan fingerprint density at radius 2 is 1.55 bits per heavy atom. The summed E-state index contributed by atoms with van der Waals surface area (Å²) in [5.41, 5.74) is 5.13. The maximum atomic E-state index is 12.8. The number of hydrogen-bond donors (Lipinski definition) is 1. The quantitative estimate of drug-likeness (QED) is 0.522. The van der Waals surface area contributed by atoms with Crippen molar-refractivity contribution in [2.45, 2.75) is 38.6 Å². The maximum Gasteiger partial charge on any atom is 0.264 e. The molecule has 0 saturated heterocycles. The van der Waals surface area contributed by atoms with Gasteiger partial charge in [-0.15, -0.1) is 0 Å². The summed E-state index contributed by atoms with van der Waals surface area (Å²) in [6, 6.07) is 18.9. The third kappa shape index (κ3) is 5.73. The molecule has 0 aromatic heterocycles. The lowest BCUT2D eigenvalue weighted by atomic mass is 9.96. The van der Waals surface area contributed by atoms with E-state index in [2.05, 4.69) is 31.3 Å². The number of nitrogens with one attached hydrogen (secondary N) is 1. The molecular formula is C26H30N2O4S. The molecule has 0 aliphatic carbocycles. The second-order valence-corrected chi connectivity index (χ2v) is 10.1. The first kappa shape index (κ1) is 24.3. The first-order valence-corrected chi connectivity index (χ1v) is 12.2. The van der Waals surface area contributed by atoms with E-state index in [0.717, 1.165) is 11.1 Å². The summed E-state index contributed by atoms with van der Waals surface area (Å²) in [6.45, 7) is 7.99. The highest BCUT2D eigenvalue weighted by molar-refractivity contribution is 7.92. The number of ether oxygens (including phenoxy) is 1. The third-order valence-corrected chi connectivity index (χ3v) is 7.50.